The van der Waals surface area contributed by atoms with Gasteiger partial charge in [0.1, 0.15) is 5.65 Å². The summed E-state index contributed by atoms with van der Waals surface area (Å²) in [4.78, 5) is 13.7. The van der Waals surface area contributed by atoms with E-state index in [0.29, 0.717) is 3.57 Å². The van der Waals surface area contributed by atoms with E-state index in [4.69, 9.17) is 0 Å². The fourth-order valence-corrected chi connectivity index (χ4v) is 3.68. The van der Waals surface area contributed by atoms with Crippen molar-refractivity contribution >= 4 is 33.9 Å². The minimum Gasteiger partial charge on any atom is -0.304 e. The molecular formula is C17H14FIN6. The van der Waals surface area contributed by atoms with Crippen molar-refractivity contribution in [2.24, 2.45) is 0 Å². The third-order valence-electron chi connectivity index (χ3n) is 4.74. The van der Waals surface area contributed by atoms with Crippen molar-refractivity contribution in [3.05, 3.63) is 57.0 Å². The zero-order valence-electron chi connectivity index (χ0n) is 13.6. The molecule has 4 aromatic rings. The number of hydrogen-bond acceptors (Lipinski definition) is 4. The van der Waals surface area contributed by atoms with Crippen LogP contribution in [0.15, 0.2) is 24.7 Å². The summed E-state index contributed by atoms with van der Waals surface area (Å²) in [6.45, 7) is 3.91. The SMILES string of the molecule is Cc1ncc(C)n2nc(C3CC3c3cn4cc(F)c(I)cc4n3)nc12. The summed E-state index contributed by atoms with van der Waals surface area (Å²) in [6.07, 6.45) is 6.16. The van der Waals surface area contributed by atoms with Crippen LogP contribution in [0.4, 0.5) is 4.39 Å². The molecule has 25 heavy (non-hydrogen) atoms. The van der Waals surface area contributed by atoms with Gasteiger partial charge < -0.3 is 4.40 Å². The molecule has 4 heterocycles. The van der Waals surface area contributed by atoms with Gasteiger partial charge in [-0.05, 0) is 48.9 Å². The molecule has 0 aromatic carbocycles. The molecule has 8 heteroatoms. The first-order chi connectivity index (χ1) is 12.0. The first kappa shape index (κ1) is 15.2. The molecule has 1 fully saturated rings. The molecule has 1 saturated carbocycles. The van der Waals surface area contributed by atoms with Crippen LogP contribution < -0.4 is 0 Å². The zero-order valence-corrected chi connectivity index (χ0v) is 15.8. The first-order valence-electron chi connectivity index (χ1n) is 8.04. The quantitative estimate of drug-likeness (QED) is 0.441. The van der Waals surface area contributed by atoms with Gasteiger partial charge in [0.25, 0.3) is 0 Å². The van der Waals surface area contributed by atoms with Gasteiger partial charge in [-0.2, -0.15) is 5.10 Å². The van der Waals surface area contributed by atoms with Gasteiger partial charge in [-0.25, -0.2) is 18.9 Å². The highest BCUT2D eigenvalue weighted by atomic mass is 127. The lowest BCUT2D eigenvalue weighted by Gasteiger charge is -1.97. The summed E-state index contributed by atoms with van der Waals surface area (Å²) >= 11 is 1.98. The highest BCUT2D eigenvalue weighted by Crippen LogP contribution is 2.53. The summed E-state index contributed by atoms with van der Waals surface area (Å²) in [5.41, 5.74) is 4.39. The fraction of sp³-hybridized carbons (Fsp3) is 0.294. The van der Waals surface area contributed by atoms with Gasteiger partial charge in [0.2, 0.25) is 0 Å². The third-order valence-corrected chi connectivity index (χ3v) is 5.57. The van der Waals surface area contributed by atoms with E-state index in [-0.39, 0.29) is 17.7 Å². The molecule has 5 rings (SSSR count). The van der Waals surface area contributed by atoms with Crippen LogP contribution in [-0.2, 0) is 0 Å². The Morgan fingerprint density at radius 1 is 1.20 bits per heavy atom. The number of rotatable bonds is 2. The van der Waals surface area contributed by atoms with Crippen molar-refractivity contribution in [2.45, 2.75) is 32.1 Å². The smallest absolute Gasteiger partial charge is 0.177 e. The molecule has 0 N–H and O–H groups in total. The van der Waals surface area contributed by atoms with Crippen LogP contribution in [-0.4, -0.2) is 29.0 Å². The number of hydrogen-bond donors (Lipinski definition) is 0. The molecule has 126 valence electrons. The second kappa shape index (κ2) is 5.20. The van der Waals surface area contributed by atoms with Gasteiger partial charge in [0.15, 0.2) is 17.3 Å². The molecule has 0 spiro atoms. The van der Waals surface area contributed by atoms with Gasteiger partial charge in [0, 0.05) is 30.4 Å². The molecule has 2 atom stereocenters. The number of fused-ring (bicyclic) bond motifs is 2. The van der Waals surface area contributed by atoms with Crippen LogP contribution in [0.5, 0.6) is 0 Å². The van der Waals surface area contributed by atoms with Crippen molar-refractivity contribution < 1.29 is 4.39 Å². The Morgan fingerprint density at radius 3 is 2.84 bits per heavy atom. The standard InChI is InChI=1S/C17H14FIN6/c1-8-5-20-9(2)17-22-16(23-25(8)17)11-3-10(11)14-7-24-6-12(18)13(19)4-15(24)21-14/h4-7,10-11H,3H2,1-2H3. The van der Waals surface area contributed by atoms with E-state index in [1.165, 1.54) is 6.20 Å². The highest BCUT2D eigenvalue weighted by Gasteiger charge is 2.44. The molecule has 6 nitrogen and oxygen atoms in total. The van der Waals surface area contributed by atoms with Crippen molar-refractivity contribution in [1.82, 2.24) is 29.0 Å². The maximum absolute atomic E-state index is 13.7. The van der Waals surface area contributed by atoms with E-state index >= 15 is 0 Å². The number of aryl methyl sites for hydroxylation is 2. The summed E-state index contributed by atoms with van der Waals surface area (Å²) in [7, 11) is 0. The average molecular weight is 448 g/mol. The number of pyridine rings is 1. The van der Waals surface area contributed by atoms with Crippen molar-refractivity contribution in [2.75, 3.05) is 0 Å². The molecular weight excluding hydrogens is 434 g/mol. The highest BCUT2D eigenvalue weighted by molar-refractivity contribution is 14.1. The lowest BCUT2D eigenvalue weighted by molar-refractivity contribution is 0.611. The minimum atomic E-state index is -0.232. The predicted octanol–water partition coefficient (Wildman–Crippen LogP) is 3.40. The minimum absolute atomic E-state index is 0.232. The lowest BCUT2D eigenvalue weighted by atomic mass is 10.2. The Bertz CT molecular complexity index is 1070. The molecule has 1 aliphatic carbocycles. The normalized spacial score (nSPS) is 19.8. The maximum atomic E-state index is 13.7. The lowest BCUT2D eigenvalue weighted by Crippen LogP contribution is -1.97. The van der Waals surface area contributed by atoms with Crippen molar-refractivity contribution in [1.29, 1.82) is 0 Å². The molecule has 4 aromatic heterocycles. The van der Waals surface area contributed by atoms with Crippen LogP contribution in [0, 0.1) is 23.2 Å². The molecule has 0 aliphatic heterocycles. The summed E-state index contributed by atoms with van der Waals surface area (Å²) in [5, 5.41) is 4.66. The van der Waals surface area contributed by atoms with Gasteiger partial charge in [-0.1, -0.05) is 0 Å². The van der Waals surface area contributed by atoms with Gasteiger partial charge in [-0.3, -0.25) is 4.98 Å². The van der Waals surface area contributed by atoms with Crippen LogP contribution in [0.2, 0.25) is 0 Å². The second-order valence-corrected chi connectivity index (χ2v) is 7.70. The third kappa shape index (κ3) is 2.34. The van der Waals surface area contributed by atoms with E-state index < -0.39 is 0 Å². The summed E-state index contributed by atoms with van der Waals surface area (Å²) in [5.74, 6) is 1.14. The number of aromatic nitrogens is 6. The maximum Gasteiger partial charge on any atom is 0.177 e. The van der Waals surface area contributed by atoms with Crippen molar-refractivity contribution in [3.8, 4) is 0 Å². The Balaban J connectivity index is 1.51. The van der Waals surface area contributed by atoms with Gasteiger partial charge >= 0.3 is 0 Å². The summed E-state index contributed by atoms with van der Waals surface area (Å²) in [6, 6.07) is 1.76. The van der Waals surface area contributed by atoms with Crippen LogP contribution in [0.1, 0.15) is 41.2 Å². The van der Waals surface area contributed by atoms with E-state index in [1.54, 1.807) is 10.5 Å². The average Bonchev–Trinajstić information content (AvgIpc) is 3.07. The van der Waals surface area contributed by atoms with Gasteiger partial charge in [-0.15, -0.1) is 0 Å². The van der Waals surface area contributed by atoms with E-state index in [9.17, 15) is 4.39 Å². The predicted molar refractivity (Wildman–Crippen MR) is 98.2 cm³/mol. The molecule has 2 unspecified atom stereocenters. The van der Waals surface area contributed by atoms with E-state index in [2.05, 4.69) is 20.1 Å². The van der Waals surface area contributed by atoms with Crippen LogP contribution in [0.25, 0.3) is 11.3 Å². The Morgan fingerprint density at radius 2 is 2.04 bits per heavy atom. The fourth-order valence-electron chi connectivity index (χ4n) is 3.26. The topological polar surface area (TPSA) is 60.4 Å². The van der Waals surface area contributed by atoms with E-state index in [1.807, 2.05) is 53.3 Å². The molecule has 0 radical (unpaired) electrons. The Kier molecular flexibility index (Phi) is 3.16. The van der Waals surface area contributed by atoms with Crippen LogP contribution in [0.3, 0.4) is 0 Å². The number of nitrogens with zero attached hydrogens (tertiary/aromatic N) is 6. The Labute approximate surface area is 156 Å². The number of halogens is 2. The summed E-state index contributed by atoms with van der Waals surface area (Å²) < 4.78 is 17.9. The molecule has 0 saturated heterocycles. The van der Waals surface area contributed by atoms with E-state index in [0.717, 1.165) is 40.6 Å². The number of imidazole rings is 1. The molecule has 0 bridgehead atoms. The van der Waals surface area contributed by atoms with Crippen molar-refractivity contribution in [3.63, 3.8) is 0 Å². The van der Waals surface area contributed by atoms with Crippen LogP contribution >= 0.6 is 22.6 Å². The monoisotopic (exact) mass is 448 g/mol. The molecule has 1 aliphatic rings. The molecule has 0 amide bonds. The van der Waals surface area contributed by atoms with Gasteiger partial charge in [0.05, 0.1) is 20.7 Å². The zero-order chi connectivity index (χ0) is 17.3. The second-order valence-electron chi connectivity index (χ2n) is 6.54. The first-order valence-corrected chi connectivity index (χ1v) is 9.11. The largest absolute Gasteiger partial charge is 0.304 e. The Hall–Kier alpha value is -2.10.